The molecule has 1 N–H and O–H groups in total. The molecule has 6 heteroatoms. The Bertz CT molecular complexity index is 1030. The van der Waals surface area contributed by atoms with Gasteiger partial charge in [-0.15, -0.1) is 11.3 Å². The number of carbonyl (C=O) groups excluding carboxylic acids is 1. The lowest BCUT2D eigenvalue weighted by Gasteiger charge is -2.12. The molecule has 0 atom stereocenters. The van der Waals surface area contributed by atoms with E-state index in [0.29, 0.717) is 5.56 Å². The number of nitrogens with zero attached hydrogens (tertiary/aromatic N) is 3. The van der Waals surface area contributed by atoms with E-state index in [1.165, 1.54) is 0 Å². The summed E-state index contributed by atoms with van der Waals surface area (Å²) in [5.74, 6) is -0.127. The number of nitrogens with one attached hydrogen (secondary N) is 1. The van der Waals surface area contributed by atoms with Crippen LogP contribution in [0.25, 0.3) is 16.2 Å². The maximum Gasteiger partial charge on any atom is 0.255 e. The summed E-state index contributed by atoms with van der Waals surface area (Å²) in [6, 6.07) is 15.3. The van der Waals surface area contributed by atoms with Crippen LogP contribution in [0.5, 0.6) is 0 Å². The molecule has 4 aromatic rings. The van der Waals surface area contributed by atoms with Gasteiger partial charge in [0.1, 0.15) is 0 Å². The van der Waals surface area contributed by atoms with Crippen LogP contribution in [0.2, 0.25) is 0 Å². The first-order chi connectivity index (χ1) is 12.6. The summed E-state index contributed by atoms with van der Waals surface area (Å²) in [5.41, 5.74) is 4.30. The molecule has 0 bridgehead atoms. The van der Waals surface area contributed by atoms with Crippen molar-refractivity contribution in [3.8, 4) is 11.3 Å². The molecule has 5 nitrogen and oxygen atoms in total. The monoisotopic (exact) mass is 362 g/mol. The summed E-state index contributed by atoms with van der Waals surface area (Å²) in [4.78, 5) is 20.1. The smallest absolute Gasteiger partial charge is 0.255 e. The van der Waals surface area contributed by atoms with Gasteiger partial charge in [0.2, 0.25) is 0 Å². The SMILES string of the molecule is CN(C)c1ccc(C(=O)Nc2cccc(-c3cn4ccsc4n3)c2)cc1. The number of amides is 1. The maximum atomic E-state index is 12.5. The summed E-state index contributed by atoms with van der Waals surface area (Å²) >= 11 is 1.60. The molecule has 0 unspecified atom stereocenters. The fourth-order valence-corrected chi connectivity index (χ4v) is 3.44. The van der Waals surface area contributed by atoms with Gasteiger partial charge < -0.3 is 10.2 Å². The lowest BCUT2D eigenvalue weighted by molar-refractivity contribution is 0.102. The van der Waals surface area contributed by atoms with Gasteiger partial charge in [-0.2, -0.15) is 0 Å². The highest BCUT2D eigenvalue weighted by atomic mass is 32.1. The molecule has 2 heterocycles. The van der Waals surface area contributed by atoms with Gasteiger partial charge in [0, 0.05) is 54.4 Å². The molecule has 0 aliphatic rings. The molecular weight excluding hydrogens is 344 g/mol. The molecule has 0 saturated carbocycles. The fourth-order valence-electron chi connectivity index (χ4n) is 2.74. The lowest BCUT2D eigenvalue weighted by atomic mass is 10.1. The summed E-state index contributed by atoms with van der Waals surface area (Å²) in [6.45, 7) is 0. The van der Waals surface area contributed by atoms with Crippen LogP contribution < -0.4 is 10.2 Å². The normalized spacial score (nSPS) is 10.8. The highest BCUT2D eigenvalue weighted by molar-refractivity contribution is 7.15. The van der Waals surface area contributed by atoms with Gasteiger partial charge >= 0.3 is 0 Å². The van der Waals surface area contributed by atoms with Crippen molar-refractivity contribution in [2.75, 3.05) is 24.3 Å². The number of carbonyl (C=O) groups is 1. The number of fused-ring (bicyclic) bond motifs is 1. The third-order valence-electron chi connectivity index (χ3n) is 4.16. The third kappa shape index (κ3) is 3.19. The molecule has 130 valence electrons. The topological polar surface area (TPSA) is 49.6 Å². The van der Waals surface area contributed by atoms with Crippen molar-refractivity contribution in [2.45, 2.75) is 0 Å². The Morgan fingerprint density at radius 2 is 1.96 bits per heavy atom. The molecule has 2 aromatic heterocycles. The van der Waals surface area contributed by atoms with Crippen LogP contribution in [0.4, 0.5) is 11.4 Å². The van der Waals surface area contributed by atoms with Crippen LogP contribution in [0.15, 0.2) is 66.3 Å². The van der Waals surface area contributed by atoms with Crippen molar-refractivity contribution in [1.82, 2.24) is 9.38 Å². The minimum absolute atomic E-state index is 0.127. The zero-order chi connectivity index (χ0) is 18.1. The minimum Gasteiger partial charge on any atom is -0.378 e. The van der Waals surface area contributed by atoms with Gasteiger partial charge in [-0.25, -0.2) is 4.98 Å². The molecule has 0 saturated heterocycles. The van der Waals surface area contributed by atoms with E-state index >= 15 is 0 Å². The molecule has 0 aliphatic heterocycles. The highest BCUT2D eigenvalue weighted by Gasteiger charge is 2.09. The second-order valence-electron chi connectivity index (χ2n) is 6.20. The van der Waals surface area contributed by atoms with E-state index in [-0.39, 0.29) is 5.91 Å². The number of hydrogen-bond donors (Lipinski definition) is 1. The number of anilines is 2. The second kappa shape index (κ2) is 6.65. The van der Waals surface area contributed by atoms with Crippen molar-refractivity contribution in [2.24, 2.45) is 0 Å². The number of imidazole rings is 1. The Morgan fingerprint density at radius 3 is 2.69 bits per heavy atom. The van der Waals surface area contributed by atoms with Gasteiger partial charge in [0.25, 0.3) is 5.91 Å². The predicted octanol–water partition coefficient (Wildman–Crippen LogP) is 4.38. The number of thiazole rings is 1. The van der Waals surface area contributed by atoms with E-state index in [1.807, 2.05) is 89.7 Å². The Labute approximate surface area is 155 Å². The fraction of sp³-hybridized carbons (Fsp3) is 0.100. The van der Waals surface area contributed by atoms with Crippen LogP contribution in [0.3, 0.4) is 0 Å². The minimum atomic E-state index is -0.127. The van der Waals surface area contributed by atoms with Crippen molar-refractivity contribution >= 4 is 33.6 Å². The standard InChI is InChI=1S/C20H18N4OS/c1-23(2)17-8-6-14(7-9-17)19(25)21-16-5-3-4-15(12-16)18-13-24-10-11-26-20(24)22-18/h3-13H,1-2H3,(H,21,25). The Kier molecular flexibility index (Phi) is 4.18. The van der Waals surface area contributed by atoms with Gasteiger partial charge in [-0.3, -0.25) is 9.20 Å². The zero-order valence-electron chi connectivity index (χ0n) is 14.5. The summed E-state index contributed by atoms with van der Waals surface area (Å²) in [6.07, 6.45) is 3.98. The molecule has 1 amide bonds. The van der Waals surface area contributed by atoms with Crippen molar-refractivity contribution in [3.05, 3.63) is 71.9 Å². The van der Waals surface area contributed by atoms with Crippen LogP contribution in [0, 0.1) is 0 Å². The van der Waals surface area contributed by atoms with E-state index in [2.05, 4.69) is 10.3 Å². The second-order valence-corrected chi connectivity index (χ2v) is 7.07. The number of hydrogen-bond acceptors (Lipinski definition) is 4. The van der Waals surface area contributed by atoms with Crippen molar-refractivity contribution in [3.63, 3.8) is 0 Å². The van der Waals surface area contributed by atoms with Crippen LogP contribution in [-0.4, -0.2) is 29.4 Å². The van der Waals surface area contributed by atoms with Crippen LogP contribution >= 0.6 is 11.3 Å². The van der Waals surface area contributed by atoms with E-state index in [0.717, 1.165) is 27.6 Å². The van der Waals surface area contributed by atoms with E-state index in [9.17, 15) is 4.79 Å². The van der Waals surface area contributed by atoms with Gasteiger partial charge in [-0.05, 0) is 36.4 Å². The van der Waals surface area contributed by atoms with E-state index in [1.54, 1.807) is 11.3 Å². The largest absolute Gasteiger partial charge is 0.378 e. The third-order valence-corrected chi connectivity index (χ3v) is 4.93. The average molecular weight is 362 g/mol. The van der Waals surface area contributed by atoms with Crippen molar-refractivity contribution in [1.29, 1.82) is 0 Å². The van der Waals surface area contributed by atoms with E-state index in [4.69, 9.17) is 0 Å². The first kappa shape index (κ1) is 16.4. The first-order valence-electron chi connectivity index (χ1n) is 8.21. The van der Waals surface area contributed by atoms with Crippen molar-refractivity contribution < 1.29 is 4.79 Å². The number of benzene rings is 2. The predicted molar refractivity (Wildman–Crippen MR) is 107 cm³/mol. The molecule has 0 radical (unpaired) electrons. The number of rotatable bonds is 4. The van der Waals surface area contributed by atoms with Gasteiger partial charge in [-0.1, -0.05) is 12.1 Å². The lowest BCUT2D eigenvalue weighted by Crippen LogP contribution is -2.13. The maximum absolute atomic E-state index is 12.5. The zero-order valence-corrected chi connectivity index (χ0v) is 15.3. The Morgan fingerprint density at radius 1 is 1.15 bits per heavy atom. The Balaban J connectivity index is 1.54. The molecule has 26 heavy (non-hydrogen) atoms. The highest BCUT2D eigenvalue weighted by Crippen LogP contribution is 2.24. The van der Waals surface area contributed by atoms with Gasteiger partial charge in [0.05, 0.1) is 5.69 Å². The molecule has 4 rings (SSSR count). The van der Waals surface area contributed by atoms with Crippen LogP contribution in [0.1, 0.15) is 10.4 Å². The molecule has 0 fully saturated rings. The quantitative estimate of drug-likeness (QED) is 0.586. The molecule has 0 aliphatic carbocycles. The summed E-state index contributed by atoms with van der Waals surface area (Å²) in [5, 5.41) is 4.96. The van der Waals surface area contributed by atoms with Gasteiger partial charge in [0.15, 0.2) is 4.96 Å². The average Bonchev–Trinajstić information content (AvgIpc) is 3.24. The first-order valence-corrected chi connectivity index (χ1v) is 9.09. The number of aromatic nitrogens is 2. The molecular formula is C20H18N4OS. The van der Waals surface area contributed by atoms with Crippen LogP contribution in [-0.2, 0) is 0 Å². The Hall–Kier alpha value is -3.12. The summed E-state index contributed by atoms with van der Waals surface area (Å²) < 4.78 is 2.00. The van der Waals surface area contributed by atoms with E-state index < -0.39 is 0 Å². The molecule has 2 aromatic carbocycles. The summed E-state index contributed by atoms with van der Waals surface area (Å²) in [7, 11) is 3.95. The molecule has 0 spiro atoms.